The minimum atomic E-state index is 0.555. The second-order valence-corrected chi connectivity index (χ2v) is 6.36. The molecule has 2 heterocycles. The van der Waals surface area contributed by atoms with Gasteiger partial charge in [0.1, 0.15) is 11.6 Å². The zero-order valence-electron chi connectivity index (χ0n) is 15.0. The van der Waals surface area contributed by atoms with E-state index < -0.39 is 0 Å². The normalized spacial score (nSPS) is 11.0. The Morgan fingerprint density at radius 3 is 2.43 bits per heavy atom. The quantitative estimate of drug-likeness (QED) is 0.498. The summed E-state index contributed by atoms with van der Waals surface area (Å²) in [4.78, 5) is 8.12. The van der Waals surface area contributed by atoms with Crippen molar-refractivity contribution in [1.29, 1.82) is 0 Å². The van der Waals surface area contributed by atoms with Gasteiger partial charge in [-0.25, -0.2) is 4.98 Å². The Morgan fingerprint density at radius 1 is 0.821 bits per heavy atom. The number of benzene rings is 3. The lowest BCUT2D eigenvalue weighted by molar-refractivity contribution is 0.415. The predicted octanol–water partition coefficient (Wildman–Crippen LogP) is 4.09. The maximum atomic E-state index is 5.24. The average Bonchev–Trinajstić information content (AvgIpc) is 3.43. The highest BCUT2D eigenvalue weighted by molar-refractivity contribution is 5.84. The molecule has 28 heavy (non-hydrogen) atoms. The molecule has 0 fully saturated rings. The highest BCUT2D eigenvalue weighted by Gasteiger charge is 2.10. The Balaban J connectivity index is 1.52. The van der Waals surface area contributed by atoms with Gasteiger partial charge in [0, 0.05) is 11.1 Å². The van der Waals surface area contributed by atoms with E-state index in [1.54, 1.807) is 7.11 Å². The molecule has 136 valence electrons. The molecular weight excluding hydrogens is 352 g/mol. The van der Waals surface area contributed by atoms with Crippen molar-refractivity contribution in [3.8, 4) is 39.7 Å². The second-order valence-electron chi connectivity index (χ2n) is 6.36. The van der Waals surface area contributed by atoms with Crippen molar-refractivity contribution < 1.29 is 4.74 Å². The summed E-state index contributed by atoms with van der Waals surface area (Å²) in [6.07, 6.45) is 0. The standard InChI is InChI=1S/C21H16N6O/c1-28-17-8-5-13(6-9-17)14-3-2-4-15(11-14)20-22-18-10-7-16(12-19(18)23-20)21-24-26-27-25-21/h2-12H,1H3,(H,22,23)(H,24,25,26,27). The van der Waals surface area contributed by atoms with Crippen LogP contribution < -0.4 is 4.74 Å². The van der Waals surface area contributed by atoms with Crippen LogP contribution in [0.5, 0.6) is 5.75 Å². The topological polar surface area (TPSA) is 92.4 Å². The van der Waals surface area contributed by atoms with E-state index in [-0.39, 0.29) is 0 Å². The molecule has 2 aromatic heterocycles. The van der Waals surface area contributed by atoms with Gasteiger partial charge in [-0.2, -0.15) is 5.21 Å². The number of aromatic nitrogens is 6. The molecule has 0 unspecified atom stereocenters. The number of H-pyrrole nitrogens is 2. The van der Waals surface area contributed by atoms with Crippen molar-refractivity contribution in [3.63, 3.8) is 0 Å². The highest BCUT2D eigenvalue weighted by atomic mass is 16.5. The van der Waals surface area contributed by atoms with Gasteiger partial charge >= 0.3 is 0 Å². The molecule has 0 radical (unpaired) electrons. The molecule has 5 aromatic rings. The number of methoxy groups -OCH3 is 1. The van der Waals surface area contributed by atoms with E-state index in [9.17, 15) is 0 Å². The summed E-state index contributed by atoms with van der Waals surface area (Å²) >= 11 is 0. The van der Waals surface area contributed by atoms with Gasteiger partial charge in [-0.1, -0.05) is 30.3 Å². The Kier molecular flexibility index (Phi) is 3.83. The number of rotatable bonds is 4. The van der Waals surface area contributed by atoms with Gasteiger partial charge in [-0.05, 0) is 52.7 Å². The van der Waals surface area contributed by atoms with E-state index in [0.717, 1.165) is 44.9 Å². The largest absolute Gasteiger partial charge is 0.497 e. The first-order valence-corrected chi connectivity index (χ1v) is 8.78. The molecule has 0 atom stereocenters. The summed E-state index contributed by atoms with van der Waals surface area (Å²) in [6.45, 7) is 0. The van der Waals surface area contributed by atoms with Gasteiger partial charge in [0.15, 0.2) is 0 Å². The summed E-state index contributed by atoms with van der Waals surface area (Å²) in [5.41, 5.74) is 5.95. The molecule has 0 spiro atoms. The van der Waals surface area contributed by atoms with Gasteiger partial charge in [0.2, 0.25) is 5.82 Å². The van der Waals surface area contributed by atoms with Gasteiger partial charge in [-0.15, -0.1) is 10.2 Å². The number of nitrogens with one attached hydrogen (secondary N) is 2. The lowest BCUT2D eigenvalue weighted by Gasteiger charge is -2.05. The van der Waals surface area contributed by atoms with Crippen molar-refractivity contribution in [3.05, 3.63) is 66.7 Å². The van der Waals surface area contributed by atoms with Crippen LogP contribution in [-0.2, 0) is 0 Å². The number of nitrogens with zero attached hydrogens (tertiary/aromatic N) is 4. The number of ether oxygens (including phenoxy) is 1. The molecule has 0 saturated carbocycles. The summed E-state index contributed by atoms with van der Waals surface area (Å²) in [6, 6.07) is 22.2. The molecule has 3 aromatic carbocycles. The van der Waals surface area contributed by atoms with Crippen LogP contribution in [0, 0.1) is 0 Å². The third-order valence-electron chi connectivity index (χ3n) is 4.64. The molecule has 7 nitrogen and oxygen atoms in total. The van der Waals surface area contributed by atoms with Crippen LogP contribution in [0.4, 0.5) is 0 Å². The van der Waals surface area contributed by atoms with Crippen LogP contribution in [-0.4, -0.2) is 37.7 Å². The van der Waals surface area contributed by atoms with E-state index in [1.807, 2.05) is 54.6 Å². The van der Waals surface area contributed by atoms with Gasteiger partial charge in [-0.3, -0.25) is 0 Å². The van der Waals surface area contributed by atoms with E-state index in [1.165, 1.54) is 0 Å². The molecule has 0 amide bonds. The van der Waals surface area contributed by atoms with Crippen molar-refractivity contribution in [2.45, 2.75) is 0 Å². The molecule has 0 aliphatic heterocycles. The zero-order chi connectivity index (χ0) is 18.9. The Morgan fingerprint density at radius 2 is 1.64 bits per heavy atom. The predicted molar refractivity (Wildman–Crippen MR) is 107 cm³/mol. The first kappa shape index (κ1) is 16.2. The van der Waals surface area contributed by atoms with Crippen LogP contribution >= 0.6 is 0 Å². The van der Waals surface area contributed by atoms with Crippen molar-refractivity contribution >= 4 is 11.0 Å². The van der Waals surface area contributed by atoms with Gasteiger partial charge in [0.25, 0.3) is 0 Å². The van der Waals surface area contributed by atoms with Crippen LogP contribution in [0.25, 0.3) is 44.9 Å². The number of tetrazole rings is 1. The number of fused-ring (bicyclic) bond motifs is 1. The molecule has 0 aliphatic carbocycles. The summed E-state index contributed by atoms with van der Waals surface area (Å²) in [5, 5.41) is 14.1. The monoisotopic (exact) mass is 368 g/mol. The molecule has 7 heteroatoms. The first-order valence-electron chi connectivity index (χ1n) is 8.78. The van der Waals surface area contributed by atoms with Crippen LogP contribution in [0.15, 0.2) is 66.7 Å². The Hall–Kier alpha value is -4.00. The minimum absolute atomic E-state index is 0.555. The Labute approximate surface area is 160 Å². The highest BCUT2D eigenvalue weighted by Crippen LogP contribution is 2.28. The lowest BCUT2D eigenvalue weighted by Crippen LogP contribution is -1.85. The van der Waals surface area contributed by atoms with Crippen LogP contribution in [0.3, 0.4) is 0 Å². The van der Waals surface area contributed by atoms with E-state index in [2.05, 4.69) is 37.7 Å². The lowest BCUT2D eigenvalue weighted by atomic mass is 10.0. The molecule has 5 rings (SSSR count). The van der Waals surface area contributed by atoms with E-state index >= 15 is 0 Å². The summed E-state index contributed by atoms with van der Waals surface area (Å²) < 4.78 is 5.24. The Bertz CT molecular complexity index is 1240. The number of hydrogen-bond donors (Lipinski definition) is 2. The third kappa shape index (κ3) is 2.88. The number of imidazole rings is 1. The number of aromatic amines is 2. The fraction of sp³-hybridized carbons (Fsp3) is 0.0476. The molecule has 0 aliphatic rings. The fourth-order valence-electron chi connectivity index (χ4n) is 3.20. The molecular formula is C21H16N6O. The SMILES string of the molecule is COc1ccc(-c2cccc(-c3nc4ccc(-c5nn[nH]n5)cc4[nH]3)c2)cc1. The van der Waals surface area contributed by atoms with Crippen molar-refractivity contribution in [2.75, 3.05) is 7.11 Å². The van der Waals surface area contributed by atoms with Gasteiger partial charge in [0.05, 0.1) is 18.1 Å². The smallest absolute Gasteiger partial charge is 0.204 e. The minimum Gasteiger partial charge on any atom is -0.497 e. The summed E-state index contributed by atoms with van der Waals surface area (Å²) in [5.74, 6) is 2.21. The van der Waals surface area contributed by atoms with Crippen LogP contribution in [0.2, 0.25) is 0 Å². The fourth-order valence-corrected chi connectivity index (χ4v) is 3.20. The van der Waals surface area contributed by atoms with E-state index in [4.69, 9.17) is 9.72 Å². The third-order valence-corrected chi connectivity index (χ3v) is 4.64. The zero-order valence-corrected chi connectivity index (χ0v) is 15.0. The van der Waals surface area contributed by atoms with E-state index in [0.29, 0.717) is 5.82 Å². The van der Waals surface area contributed by atoms with Crippen LogP contribution in [0.1, 0.15) is 0 Å². The molecule has 0 saturated heterocycles. The maximum absolute atomic E-state index is 5.24. The van der Waals surface area contributed by atoms with Crippen molar-refractivity contribution in [1.82, 2.24) is 30.6 Å². The van der Waals surface area contributed by atoms with Crippen molar-refractivity contribution in [2.24, 2.45) is 0 Å². The first-order chi connectivity index (χ1) is 13.8. The molecule has 2 N–H and O–H groups in total. The maximum Gasteiger partial charge on any atom is 0.204 e. The summed E-state index contributed by atoms with van der Waals surface area (Å²) in [7, 11) is 1.67. The molecule has 0 bridgehead atoms. The van der Waals surface area contributed by atoms with Gasteiger partial charge < -0.3 is 9.72 Å². The number of hydrogen-bond acceptors (Lipinski definition) is 5. The average molecular weight is 368 g/mol. The second kappa shape index (κ2) is 6.62.